The van der Waals surface area contributed by atoms with Crippen LogP contribution >= 0.6 is 35.6 Å². The fourth-order valence-electron chi connectivity index (χ4n) is 1.48. The first-order valence-electron chi connectivity index (χ1n) is 5.22. The molecule has 0 aliphatic rings. The molecular weight excluding hydrogens is 300 g/mol. The fourth-order valence-corrected chi connectivity index (χ4v) is 1.96. The SMILES string of the molecule is Cl.Cn1c(=O)[nH]cc(CN(CCCl)CCCl)c1=O. The van der Waals surface area contributed by atoms with Crippen molar-refractivity contribution in [2.24, 2.45) is 7.05 Å². The summed E-state index contributed by atoms with van der Waals surface area (Å²) in [7, 11) is 1.44. The number of alkyl halides is 2. The predicted octanol–water partition coefficient (Wildman–Crippen LogP) is 0.775. The summed E-state index contributed by atoms with van der Waals surface area (Å²) in [5, 5.41) is 0. The number of aromatic amines is 1. The number of hydrogen-bond acceptors (Lipinski definition) is 3. The Bertz CT molecular complexity index is 466. The zero-order valence-electron chi connectivity index (χ0n) is 9.99. The molecule has 18 heavy (non-hydrogen) atoms. The average molecular weight is 317 g/mol. The summed E-state index contributed by atoms with van der Waals surface area (Å²) in [4.78, 5) is 27.4. The molecule has 0 spiro atoms. The van der Waals surface area contributed by atoms with Gasteiger partial charge in [-0.1, -0.05) is 0 Å². The lowest BCUT2D eigenvalue weighted by Crippen LogP contribution is -2.37. The Morgan fingerprint density at radius 2 is 1.83 bits per heavy atom. The topological polar surface area (TPSA) is 58.1 Å². The number of rotatable bonds is 6. The van der Waals surface area contributed by atoms with Gasteiger partial charge < -0.3 is 4.98 Å². The van der Waals surface area contributed by atoms with Gasteiger partial charge in [-0.25, -0.2) is 4.79 Å². The summed E-state index contributed by atoms with van der Waals surface area (Å²) in [6.45, 7) is 1.73. The van der Waals surface area contributed by atoms with Gasteiger partial charge in [0.05, 0.1) is 0 Å². The van der Waals surface area contributed by atoms with Crippen LogP contribution in [0.15, 0.2) is 15.8 Å². The third-order valence-corrected chi connectivity index (χ3v) is 2.79. The number of hydrogen-bond donors (Lipinski definition) is 1. The number of H-pyrrole nitrogens is 1. The van der Waals surface area contributed by atoms with Crippen molar-refractivity contribution in [1.82, 2.24) is 14.5 Å². The van der Waals surface area contributed by atoms with Gasteiger partial charge in [0.1, 0.15) is 0 Å². The molecule has 0 saturated carbocycles. The van der Waals surface area contributed by atoms with Crippen LogP contribution < -0.4 is 11.2 Å². The lowest BCUT2D eigenvalue weighted by molar-refractivity contribution is 0.297. The molecule has 1 aromatic heterocycles. The molecule has 1 heterocycles. The first kappa shape index (κ1) is 17.5. The highest BCUT2D eigenvalue weighted by Gasteiger charge is 2.09. The first-order chi connectivity index (χ1) is 8.10. The quantitative estimate of drug-likeness (QED) is 0.789. The van der Waals surface area contributed by atoms with Gasteiger partial charge in [-0.2, -0.15) is 0 Å². The van der Waals surface area contributed by atoms with E-state index in [0.29, 0.717) is 37.0 Å². The summed E-state index contributed by atoms with van der Waals surface area (Å²) in [6.07, 6.45) is 1.44. The molecule has 0 radical (unpaired) electrons. The molecule has 0 aliphatic carbocycles. The van der Waals surface area contributed by atoms with E-state index >= 15 is 0 Å². The monoisotopic (exact) mass is 315 g/mol. The molecule has 8 heteroatoms. The molecule has 0 aromatic carbocycles. The Hall–Kier alpha value is -0.490. The Labute approximate surface area is 121 Å². The van der Waals surface area contributed by atoms with Gasteiger partial charge in [-0.05, 0) is 0 Å². The van der Waals surface area contributed by atoms with Crippen molar-refractivity contribution in [3.63, 3.8) is 0 Å². The van der Waals surface area contributed by atoms with E-state index < -0.39 is 5.69 Å². The summed E-state index contributed by atoms with van der Waals surface area (Å²) in [6, 6.07) is 0. The zero-order valence-corrected chi connectivity index (χ0v) is 12.3. The van der Waals surface area contributed by atoms with Crippen LogP contribution in [0.5, 0.6) is 0 Å². The smallest absolute Gasteiger partial charge is 0.314 e. The van der Waals surface area contributed by atoms with Gasteiger partial charge >= 0.3 is 5.69 Å². The zero-order chi connectivity index (χ0) is 12.8. The van der Waals surface area contributed by atoms with E-state index in [0.717, 1.165) is 4.57 Å². The molecule has 0 unspecified atom stereocenters. The van der Waals surface area contributed by atoms with Crippen molar-refractivity contribution in [1.29, 1.82) is 0 Å². The highest BCUT2D eigenvalue weighted by Crippen LogP contribution is 1.99. The van der Waals surface area contributed by atoms with Crippen LogP contribution in [0.1, 0.15) is 5.56 Å². The Morgan fingerprint density at radius 1 is 1.28 bits per heavy atom. The van der Waals surface area contributed by atoms with Crippen LogP contribution in [0.3, 0.4) is 0 Å². The van der Waals surface area contributed by atoms with Gasteiger partial charge in [0.25, 0.3) is 5.56 Å². The van der Waals surface area contributed by atoms with Crippen molar-refractivity contribution in [2.75, 3.05) is 24.8 Å². The Morgan fingerprint density at radius 3 is 2.33 bits per heavy atom. The molecule has 5 nitrogen and oxygen atoms in total. The normalized spacial score (nSPS) is 10.4. The molecule has 1 rings (SSSR count). The van der Waals surface area contributed by atoms with E-state index in [1.807, 2.05) is 4.90 Å². The van der Waals surface area contributed by atoms with Crippen LogP contribution in [0.2, 0.25) is 0 Å². The second-order valence-corrected chi connectivity index (χ2v) is 4.39. The second kappa shape index (κ2) is 8.58. The lowest BCUT2D eigenvalue weighted by Gasteiger charge is -2.19. The highest BCUT2D eigenvalue weighted by molar-refractivity contribution is 6.18. The van der Waals surface area contributed by atoms with Crippen LogP contribution in [0.25, 0.3) is 0 Å². The maximum Gasteiger partial charge on any atom is 0.328 e. The minimum Gasteiger partial charge on any atom is -0.314 e. The largest absolute Gasteiger partial charge is 0.328 e. The summed E-state index contributed by atoms with van der Waals surface area (Å²) in [5.74, 6) is 0.946. The van der Waals surface area contributed by atoms with Gasteiger partial charge in [0, 0.05) is 50.2 Å². The van der Waals surface area contributed by atoms with E-state index in [-0.39, 0.29) is 18.0 Å². The predicted molar refractivity (Wildman–Crippen MR) is 76.3 cm³/mol. The van der Waals surface area contributed by atoms with E-state index in [2.05, 4.69) is 4.98 Å². The summed E-state index contributed by atoms with van der Waals surface area (Å²) >= 11 is 11.3. The van der Waals surface area contributed by atoms with Gasteiger partial charge in [0.2, 0.25) is 0 Å². The summed E-state index contributed by atoms with van der Waals surface area (Å²) < 4.78 is 1.05. The summed E-state index contributed by atoms with van der Waals surface area (Å²) in [5.41, 5.74) is -0.176. The number of nitrogens with one attached hydrogen (secondary N) is 1. The molecular formula is C10H16Cl3N3O2. The molecule has 0 fully saturated rings. The van der Waals surface area contributed by atoms with E-state index in [4.69, 9.17) is 23.2 Å². The molecule has 0 saturated heterocycles. The Balaban J connectivity index is 0.00000289. The molecule has 0 atom stereocenters. The maximum atomic E-state index is 11.8. The van der Waals surface area contributed by atoms with Crippen molar-refractivity contribution < 1.29 is 0 Å². The van der Waals surface area contributed by atoms with Crippen LogP contribution in [-0.2, 0) is 13.6 Å². The van der Waals surface area contributed by atoms with E-state index in [1.54, 1.807) is 0 Å². The van der Waals surface area contributed by atoms with Crippen molar-refractivity contribution in [2.45, 2.75) is 6.54 Å². The third kappa shape index (κ3) is 4.65. The number of halogens is 3. The number of nitrogens with zero attached hydrogens (tertiary/aromatic N) is 2. The minimum absolute atomic E-state index is 0. The van der Waals surface area contributed by atoms with Crippen LogP contribution in [-0.4, -0.2) is 39.3 Å². The lowest BCUT2D eigenvalue weighted by atomic mass is 10.3. The van der Waals surface area contributed by atoms with Crippen LogP contribution in [0, 0.1) is 0 Å². The molecule has 104 valence electrons. The van der Waals surface area contributed by atoms with Crippen molar-refractivity contribution in [3.8, 4) is 0 Å². The Kier molecular flexibility index (Phi) is 8.35. The van der Waals surface area contributed by atoms with Gasteiger partial charge in [0.15, 0.2) is 0 Å². The molecule has 0 amide bonds. The fraction of sp³-hybridized carbons (Fsp3) is 0.600. The standard InChI is InChI=1S/C10H15Cl2N3O2.ClH/c1-14-9(16)8(6-13-10(14)17)7-15(4-2-11)5-3-12;/h6H,2-5,7H2,1H3,(H,13,17);1H. The van der Waals surface area contributed by atoms with E-state index in [1.165, 1.54) is 13.2 Å². The third-order valence-electron chi connectivity index (χ3n) is 2.45. The van der Waals surface area contributed by atoms with Crippen molar-refractivity contribution >= 4 is 35.6 Å². The second-order valence-electron chi connectivity index (χ2n) is 3.64. The average Bonchev–Trinajstić information content (AvgIpc) is 2.30. The minimum atomic E-state index is -0.417. The van der Waals surface area contributed by atoms with Gasteiger partial charge in [-0.3, -0.25) is 14.3 Å². The van der Waals surface area contributed by atoms with Crippen molar-refractivity contribution in [3.05, 3.63) is 32.6 Å². The molecule has 0 aliphatic heterocycles. The molecule has 1 aromatic rings. The molecule has 1 N–H and O–H groups in total. The number of aromatic nitrogens is 2. The highest BCUT2D eigenvalue weighted by atomic mass is 35.5. The maximum absolute atomic E-state index is 11.8. The van der Waals surface area contributed by atoms with Gasteiger partial charge in [-0.15, -0.1) is 35.6 Å². The first-order valence-corrected chi connectivity index (χ1v) is 6.29. The molecule has 0 bridgehead atoms. The van der Waals surface area contributed by atoms with Crippen LogP contribution in [0.4, 0.5) is 0 Å². The van der Waals surface area contributed by atoms with E-state index in [9.17, 15) is 9.59 Å².